The molecule has 0 aromatic heterocycles. The molecule has 144 valence electrons. The molecule has 5 heteroatoms. The monoisotopic (exact) mass is 359 g/mol. The van der Waals surface area contributed by atoms with E-state index in [1.165, 1.54) is 0 Å². The van der Waals surface area contributed by atoms with Gasteiger partial charge in [-0.1, -0.05) is 38.8 Å². The number of amides is 1. The average molecular weight is 359 g/mol. The fraction of sp³-hybridized carbons (Fsp3) is 0.667. The Morgan fingerprint density at radius 2 is 1.54 bits per heavy atom. The number of carbonyl (C=O) groups is 1. The second kappa shape index (κ2) is 8.58. The minimum Gasteiger partial charge on any atom is -0.399 e. The summed E-state index contributed by atoms with van der Waals surface area (Å²) in [6.45, 7) is 14.1. The van der Waals surface area contributed by atoms with Gasteiger partial charge in [0.2, 0.25) is 0 Å². The number of hydrogen-bond acceptors (Lipinski definition) is 3. The predicted octanol–water partition coefficient (Wildman–Crippen LogP) is 4.03. The maximum atomic E-state index is 13.0. The molecule has 0 spiro atoms. The van der Waals surface area contributed by atoms with E-state index < -0.39 is 7.12 Å². The van der Waals surface area contributed by atoms with E-state index in [0.717, 1.165) is 44.2 Å². The molecule has 4 nitrogen and oxygen atoms in total. The molecule has 0 bridgehead atoms. The SMILES string of the molecule is CCCCN(CCCC)C(=O)c1cccc(B2OC(C)(C)C(C)(C)O2)c1. The Morgan fingerprint density at radius 3 is 2.04 bits per heavy atom. The molecule has 2 rings (SSSR count). The second-order valence-corrected chi connectivity index (χ2v) is 8.21. The van der Waals surface area contributed by atoms with E-state index in [0.29, 0.717) is 5.56 Å². The summed E-state index contributed by atoms with van der Waals surface area (Å²) in [5.74, 6) is 0.102. The van der Waals surface area contributed by atoms with Crippen LogP contribution in [0.2, 0.25) is 0 Å². The Bertz CT molecular complexity index is 591. The molecule has 1 heterocycles. The molecule has 1 saturated heterocycles. The Balaban J connectivity index is 2.18. The Kier molecular flexibility index (Phi) is 6.92. The lowest BCUT2D eigenvalue weighted by Gasteiger charge is -2.32. The Hall–Kier alpha value is -1.33. The Labute approximate surface area is 159 Å². The highest BCUT2D eigenvalue weighted by atomic mass is 16.7. The molecule has 0 radical (unpaired) electrons. The molecular formula is C21H34BNO3. The summed E-state index contributed by atoms with van der Waals surface area (Å²) < 4.78 is 12.3. The number of unbranched alkanes of at least 4 members (excludes halogenated alkanes) is 2. The van der Waals surface area contributed by atoms with Crippen LogP contribution in [0.1, 0.15) is 77.6 Å². The van der Waals surface area contributed by atoms with Crippen LogP contribution in [0.15, 0.2) is 24.3 Å². The summed E-state index contributed by atoms with van der Waals surface area (Å²) in [4.78, 5) is 15.0. The number of nitrogens with zero attached hydrogens (tertiary/aromatic N) is 1. The molecule has 1 amide bonds. The topological polar surface area (TPSA) is 38.8 Å². The fourth-order valence-electron chi connectivity index (χ4n) is 2.99. The van der Waals surface area contributed by atoms with E-state index in [9.17, 15) is 4.79 Å². The lowest BCUT2D eigenvalue weighted by molar-refractivity contribution is 0.00578. The van der Waals surface area contributed by atoms with Gasteiger partial charge in [0, 0.05) is 18.7 Å². The molecule has 26 heavy (non-hydrogen) atoms. The van der Waals surface area contributed by atoms with Crippen LogP contribution < -0.4 is 5.46 Å². The largest absolute Gasteiger partial charge is 0.494 e. The standard InChI is InChI=1S/C21H34BNO3/c1-7-9-14-23(15-10-8-2)19(24)17-12-11-13-18(16-17)22-25-20(3,4)21(5,6)26-22/h11-13,16H,7-10,14-15H2,1-6H3. The molecule has 0 unspecified atom stereocenters. The highest BCUT2D eigenvalue weighted by molar-refractivity contribution is 6.62. The van der Waals surface area contributed by atoms with Crippen molar-refractivity contribution in [1.82, 2.24) is 4.90 Å². The third-order valence-electron chi connectivity index (χ3n) is 5.51. The summed E-state index contributed by atoms with van der Waals surface area (Å²) in [5.41, 5.74) is 0.850. The van der Waals surface area contributed by atoms with Gasteiger partial charge in [0.1, 0.15) is 0 Å². The zero-order chi connectivity index (χ0) is 19.4. The van der Waals surface area contributed by atoms with Gasteiger partial charge in [0.05, 0.1) is 11.2 Å². The molecule has 0 N–H and O–H groups in total. The van der Waals surface area contributed by atoms with E-state index in [1.54, 1.807) is 0 Å². The first-order valence-electron chi connectivity index (χ1n) is 9.96. The van der Waals surface area contributed by atoms with Crippen molar-refractivity contribution in [3.63, 3.8) is 0 Å². The Morgan fingerprint density at radius 1 is 1.00 bits per heavy atom. The maximum absolute atomic E-state index is 13.0. The van der Waals surface area contributed by atoms with Gasteiger partial charge in [-0.3, -0.25) is 4.79 Å². The van der Waals surface area contributed by atoms with Crippen LogP contribution in [0.5, 0.6) is 0 Å². The average Bonchev–Trinajstić information content (AvgIpc) is 2.82. The summed E-state index contributed by atoms with van der Waals surface area (Å²) in [6.07, 6.45) is 4.24. The number of rotatable bonds is 8. The van der Waals surface area contributed by atoms with Crippen molar-refractivity contribution in [2.24, 2.45) is 0 Å². The first-order valence-corrected chi connectivity index (χ1v) is 9.96. The van der Waals surface area contributed by atoms with Gasteiger partial charge in [-0.2, -0.15) is 0 Å². The minimum atomic E-state index is -0.438. The smallest absolute Gasteiger partial charge is 0.399 e. The van der Waals surface area contributed by atoms with Crippen LogP contribution in [0.4, 0.5) is 0 Å². The lowest BCUT2D eigenvalue weighted by Crippen LogP contribution is -2.41. The quantitative estimate of drug-likeness (QED) is 0.658. The van der Waals surface area contributed by atoms with Crippen molar-refractivity contribution in [3.05, 3.63) is 29.8 Å². The molecule has 0 aliphatic carbocycles. The number of hydrogen-bond donors (Lipinski definition) is 0. The first kappa shape index (κ1) is 21.0. The zero-order valence-corrected chi connectivity index (χ0v) is 17.3. The highest BCUT2D eigenvalue weighted by Gasteiger charge is 2.51. The van der Waals surface area contributed by atoms with E-state index in [2.05, 4.69) is 13.8 Å². The summed E-state index contributed by atoms with van der Waals surface area (Å²) >= 11 is 0. The number of carbonyl (C=O) groups excluding carboxylic acids is 1. The lowest BCUT2D eigenvalue weighted by atomic mass is 9.78. The van der Waals surface area contributed by atoms with Gasteiger partial charge in [0.25, 0.3) is 5.91 Å². The van der Waals surface area contributed by atoms with Crippen molar-refractivity contribution in [2.45, 2.75) is 78.4 Å². The van der Waals surface area contributed by atoms with Crippen molar-refractivity contribution >= 4 is 18.5 Å². The molecule has 1 fully saturated rings. The normalized spacial score (nSPS) is 18.2. The van der Waals surface area contributed by atoms with Gasteiger partial charge < -0.3 is 14.2 Å². The number of benzene rings is 1. The maximum Gasteiger partial charge on any atom is 0.494 e. The van der Waals surface area contributed by atoms with Crippen molar-refractivity contribution in [1.29, 1.82) is 0 Å². The highest BCUT2D eigenvalue weighted by Crippen LogP contribution is 2.36. The van der Waals surface area contributed by atoms with Crippen LogP contribution in [-0.4, -0.2) is 42.2 Å². The summed E-state index contributed by atoms with van der Waals surface area (Å²) in [6, 6.07) is 7.71. The van der Waals surface area contributed by atoms with E-state index in [-0.39, 0.29) is 17.1 Å². The molecule has 1 aromatic rings. The molecule has 0 saturated carbocycles. The van der Waals surface area contributed by atoms with Gasteiger partial charge in [0.15, 0.2) is 0 Å². The third-order valence-corrected chi connectivity index (χ3v) is 5.51. The molecule has 1 aliphatic heterocycles. The van der Waals surface area contributed by atoms with Crippen LogP contribution in [0, 0.1) is 0 Å². The summed E-state index contributed by atoms with van der Waals surface area (Å²) in [7, 11) is -0.438. The van der Waals surface area contributed by atoms with Crippen molar-refractivity contribution < 1.29 is 14.1 Å². The molecule has 0 atom stereocenters. The van der Waals surface area contributed by atoms with Crippen LogP contribution in [-0.2, 0) is 9.31 Å². The van der Waals surface area contributed by atoms with E-state index in [1.807, 2.05) is 56.9 Å². The second-order valence-electron chi connectivity index (χ2n) is 8.21. The minimum absolute atomic E-state index is 0.102. The van der Waals surface area contributed by atoms with Crippen molar-refractivity contribution in [3.8, 4) is 0 Å². The van der Waals surface area contributed by atoms with Crippen LogP contribution in [0.25, 0.3) is 0 Å². The van der Waals surface area contributed by atoms with Gasteiger partial charge in [-0.15, -0.1) is 0 Å². The molecule has 1 aliphatic rings. The van der Waals surface area contributed by atoms with Gasteiger partial charge in [-0.25, -0.2) is 0 Å². The van der Waals surface area contributed by atoms with Crippen molar-refractivity contribution in [2.75, 3.05) is 13.1 Å². The van der Waals surface area contributed by atoms with E-state index in [4.69, 9.17) is 9.31 Å². The summed E-state index contributed by atoms with van der Waals surface area (Å²) in [5, 5.41) is 0. The molecule has 1 aromatic carbocycles. The van der Waals surface area contributed by atoms with Crippen LogP contribution in [0.3, 0.4) is 0 Å². The zero-order valence-electron chi connectivity index (χ0n) is 17.3. The molecular weight excluding hydrogens is 325 g/mol. The van der Waals surface area contributed by atoms with E-state index >= 15 is 0 Å². The van der Waals surface area contributed by atoms with Gasteiger partial charge >= 0.3 is 7.12 Å². The van der Waals surface area contributed by atoms with Gasteiger partial charge in [-0.05, 0) is 58.1 Å². The first-order chi connectivity index (χ1) is 12.2. The fourth-order valence-corrected chi connectivity index (χ4v) is 2.99. The van der Waals surface area contributed by atoms with Crippen LogP contribution >= 0.6 is 0 Å². The third kappa shape index (κ3) is 4.69. The predicted molar refractivity (Wildman–Crippen MR) is 108 cm³/mol.